The van der Waals surface area contributed by atoms with Crippen LogP contribution in [0.2, 0.25) is 5.02 Å². The fraction of sp³-hybridized carbons (Fsp3) is 0.208. The average molecular weight is 451 g/mol. The second-order valence-corrected chi connectivity index (χ2v) is 7.89. The number of methoxy groups -OCH3 is 1. The van der Waals surface area contributed by atoms with Crippen molar-refractivity contribution in [1.82, 2.24) is 14.8 Å². The van der Waals surface area contributed by atoms with Crippen molar-refractivity contribution in [2.45, 2.75) is 20.8 Å². The molecule has 0 fully saturated rings. The lowest BCUT2D eigenvalue weighted by molar-refractivity contribution is -0.118. The Hall–Kier alpha value is -3.58. The van der Waals surface area contributed by atoms with Gasteiger partial charge in [-0.25, -0.2) is 4.98 Å². The number of fused-ring (bicyclic) bond motifs is 1. The zero-order valence-electron chi connectivity index (χ0n) is 18.3. The number of para-hydroxylation sites is 1. The monoisotopic (exact) mass is 450 g/mol. The SMILES string of the molecule is COc1cccc2c(C)cc(-n3nc(C)cc3NC(=O)COc3ccc(Cl)c(C)c3)nc12. The van der Waals surface area contributed by atoms with E-state index in [1.54, 1.807) is 36.1 Å². The van der Waals surface area contributed by atoms with Gasteiger partial charge >= 0.3 is 0 Å². The Morgan fingerprint density at radius 2 is 1.91 bits per heavy atom. The van der Waals surface area contributed by atoms with E-state index in [0.29, 0.717) is 28.2 Å². The molecule has 0 unspecified atom stereocenters. The Kier molecular flexibility index (Phi) is 6.01. The number of hydrogen-bond donors (Lipinski definition) is 1. The van der Waals surface area contributed by atoms with E-state index >= 15 is 0 Å². The minimum absolute atomic E-state index is 0.150. The maximum Gasteiger partial charge on any atom is 0.263 e. The number of benzene rings is 2. The second-order valence-electron chi connectivity index (χ2n) is 7.48. The lowest BCUT2D eigenvalue weighted by Crippen LogP contribution is -2.22. The summed E-state index contributed by atoms with van der Waals surface area (Å²) in [5.74, 6) is 2.02. The number of aromatic nitrogens is 3. The molecule has 0 saturated carbocycles. The molecule has 32 heavy (non-hydrogen) atoms. The summed E-state index contributed by atoms with van der Waals surface area (Å²) in [6.07, 6.45) is 0. The maximum absolute atomic E-state index is 12.6. The number of anilines is 1. The van der Waals surface area contributed by atoms with Gasteiger partial charge in [0.1, 0.15) is 22.8 Å². The molecule has 0 bridgehead atoms. The van der Waals surface area contributed by atoms with Gasteiger partial charge in [0, 0.05) is 16.5 Å². The number of nitrogens with one attached hydrogen (secondary N) is 1. The van der Waals surface area contributed by atoms with Crippen molar-refractivity contribution in [2.75, 3.05) is 19.0 Å². The van der Waals surface area contributed by atoms with Crippen molar-refractivity contribution in [3.63, 3.8) is 0 Å². The van der Waals surface area contributed by atoms with E-state index in [9.17, 15) is 4.79 Å². The Morgan fingerprint density at radius 3 is 2.66 bits per heavy atom. The third-order valence-corrected chi connectivity index (χ3v) is 5.46. The summed E-state index contributed by atoms with van der Waals surface area (Å²) in [7, 11) is 1.62. The summed E-state index contributed by atoms with van der Waals surface area (Å²) in [5.41, 5.74) is 3.38. The van der Waals surface area contributed by atoms with Crippen LogP contribution >= 0.6 is 11.6 Å². The largest absolute Gasteiger partial charge is 0.494 e. The normalized spacial score (nSPS) is 10.9. The quantitative estimate of drug-likeness (QED) is 0.446. The van der Waals surface area contributed by atoms with Gasteiger partial charge in [-0.15, -0.1) is 0 Å². The van der Waals surface area contributed by atoms with Crippen molar-refractivity contribution >= 4 is 34.2 Å². The van der Waals surface area contributed by atoms with Gasteiger partial charge in [0.2, 0.25) is 0 Å². The van der Waals surface area contributed by atoms with Crippen molar-refractivity contribution < 1.29 is 14.3 Å². The highest BCUT2D eigenvalue weighted by molar-refractivity contribution is 6.31. The molecule has 7 nitrogen and oxygen atoms in total. The van der Waals surface area contributed by atoms with E-state index in [1.165, 1.54) is 0 Å². The van der Waals surface area contributed by atoms with E-state index in [0.717, 1.165) is 27.7 Å². The Labute approximate surface area is 190 Å². The summed E-state index contributed by atoms with van der Waals surface area (Å²) in [6, 6.07) is 14.8. The zero-order chi connectivity index (χ0) is 22.8. The van der Waals surface area contributed by atoms with E-state index in [2.05, 4.69) is 10.4 Å². The molecule has 1 N–H and O–H groups in total. The number of aryl methyl sites for hydroxylation is 3. The predicted octanol–water partition coefficient (Wildman–Crippen LogP) is 5.03. The number of amides is 1. The molecule has 0 radical (unpaired) electrons. The Balaban J connectivity index is 1.59. The van der Waals surface area contributed by atoms with Crippen molar-refractivity contribution in [3.8, 4) is 17.3 Å². The van der Waals surface area contributed by atoms with Crippen LogP contribution in [0, 0.1) is 20.8 Å². The van der Waals surface area contributed by atoms with Crippen LogP contribution in [0.15, 0.2) is 48.5 Å². The minimum atomic E-state index is -0.311. The molecule has 1 amide bonds. The molecular weight excluding hydrogens is 428 g/mol. The number of ether oxygens (including phenoxy) is 2. The third kappa shape index (κ3) is 4.38. The molecule has 0 atom stereocenters. The van der Waals surface area contributed by atoms with Crippen LogP contribution < -0.4 is 14.8 Å². The van der Waals surface area contributed by atoms with E-state index in [4.69, 9.17) is 26.1 Å². The standard InChI is InChI=1S/C24H23ClN4O3/c1-14-11-21(27-24-18(14)6-5-7-20(24)31-4)29-22(12-16(3)28-29)26-23(30)13-32-17-8-9-19(25)15(2)10-17/h5-12H,13H2,1-4H3,(H,26,30). The second kappa shape index (κ2) is 8.88. The number of pyridine rings is 1. The van der Waals surface area contributed by atoms with Gasteiger partial charge in [0.05, 0.1) is 12.8 Å². The summed E-state index contributed by atoms with van der Waals surface area (Å²) >= 11 is 6.04. The highest BCUT2D eigenvalue weighted by Crippen LogP contribution is 2.28. The number of carbonyl (C=O) groups excluding carboxylic acids is 1. The molecule has 4 aromatic rings. The fourth-order valence-electron chi connectivity index (χ4n) is 3.45. The first-order valence-electron chi connectivity index (χ1n) is 10.1. The first kappa shape index (κ1) is 21.6. The molecule has 0 aliphatic heterocycles. The number of nitrogens with zero attached hydrogens (tertiary/aromatic N) is 3. The summed E-state index contributed by atoms with van der Waals surface area (Å²) < 4.78 is 12.7. The van der Waals surface area contributed by atoms with Crippen molar-refractivity contribution in [1.29, 1.82) is 0 Å². The first-order valence-corrected chi connectivity index (χ1v) is 10.4. The molecule has 2 aromatic heterocycles. The van der Waals surface area contributed by atoms with Gasteiger partial charge in [-0.2, -0.15) is 9.78 Å². The zero-order valence-corrected chi connectivity index (χ0v) is 19.0. The lowest BCUT2D eigenvalue weighted by Gasteiger charge is -2.12. The molecule has 4 rings (SSSR count). The van der Waals surface area contributed by atoms with Crippen LogP contribution in [0.1, 0.15) is 16.8 Å². The van der Waals surface area contributed by atoms with Gasteiger partial charge < -0.3 is 14.8 Å². The van der Waals surface area contributed by atoms with Gasteiger partial charge in [-0.05, 0) is 62.2 Å². The van der Waals surface area contributed by atoms with Crippen LogP contribution in [-0.4, -0.2) is 34.4 Å². The molecule has 0 aliphatic carbocycles. The third-order valence-electron chi connectivity index (χ3n) is 5.03. The molecule has 2 aromatic carbocycles. The average Bonchev–Trinajstić information content (AvgIpc) is 3.14. The number of carbonyl (C=O) groups is 1. The Bertz CT molecular complexity index is 1320. The molecule has 0 aliphatic rings. The first-order chi connectivity index (χ1) is 15.4. The van der Waals surface area contributed by atoms with Gasteiger partial charge in [0.25, 0.3) is 5.91 Å². The highest BCUT2D eigenvalue weighted by Gasteiger charge is 2.15. The molecule has 0 saturated heterocycles. The molecule has 0 spiro atoms. The van der Waals surface area contributed by atoms with Crippen LogP contribution in [-0.2, 0) is 4.79 Å². The summed E-state index contributed by atoms with van der Waals surface area (Å²) in [4.78, 5) is 17.3. The Morgan fingerprint density at radius 1 is 1.09 bits per heavy atom. The van der Waals surface area contributed by atoms with Crippen molar-refractivity contribution in [3.05, 3.63) is 70.4 Å². The minimum Gasteiger partial charge on any atom is -0.494 e. The van der Waals surface area contributed by atoms with Crippen LogP contribution in [0.25, 0.3) is 16.7 Å². The van der Waals surface area contributed by atoms with E-state index in [-0.39, 0.29) is 12.5 Å². The fourth-order valence-corrected chi connectivity index (χ4v) is 3.56. The summed E-state index contributed by atoms with van der Waals surface area (Å²) in [5, 5.41) is 9.03. The van der Waals surface area contributed by atoms with Gasteiger partial charge in [0.15, 0.2) is 12.4 Å². The smallest absolute Gasteiger partial charge is 0.263 e. The maximum atomic E-state index is 12.6. The number of hydrogen-bond acceptors (Lipinski definition) is 5. The van der Waals surface area contributed by atoms with Crippen LogP contribution in [0.4, 0.5) is 5.82 Å². The number of halogens is 1. The molecule has 2 heterocycles. The topological polar surface area (TPSA) is 78.3 Å². The molecule has 164 valence electrons. The highest BCUT2D eigenvalue weighted by atomic mass is 35.5. The van der Waals surface area contributed by atoms with Crippen molar-refractivity contribution in [2.24, 2.45) is 0 Å². The van der Waals surface area contributed by atoms with Crippen LogP contribution in [0.5, 0.6) is 11.5 Å². The number of rotatable bonds is 6. The summed E-state index contributed by atoms with van der Waals surface area (Å²) in [6.45, 7) is 5.59. The van der Waals surface area contributed by atoms with E-state index in [1.807, 2.05) is 45.0 Å². The molecule has 8 heteroatoms. The van der Waals surface area contributed by atoms with E-state index < -0.39 is 0 Å². The van der Waals surface area contributed by atoms with Gasteiger partial charge in [-0.3, -0.25) is 4.79 Å². The van der Waals surface area contributed by atoms with Crippen LogP contribution in [0.3, 0.4) is 0 Å². The van der Waals surface area contributed by atoms with Gasteiger partial charge in [-0.1, -0.05) is 23.7 Å². The predicted molar refractivity (Wildman–Crippen MR) is 125 cm³/mol. The molecular formula is C24H23ClN4O3. The lowest BCUT2D eigenvalue weighted by atomic mass is 10.1.